The molecular weight excluding hydrogens is 337 g/mol. The fourth-order valence-electron chi connectivity index (χ4n) is 1.40. The van der Waals surface area contributed by atoms with Crippen LogP contribution in [0, 0.1) is 5.82 Å². The van der Waals surface area contributed by atoms with Gasteiger partial charge in [-0.05, 0) is 28.1 Å². The normalized spacial score (nSPS) is 10.6. The van der Waals surface area contributed by atoms with Crippen LogP contribution in [-0.2, 0) is 0 Å². The minimum Gasteiger partial charge on any atom is -0.368 e. The first-order chi connectivity index (χ1) is 8.90. The SMILES string of the molecule is CN(C)c1nc(N)nc(-c2ccc(Br)c(Cl)c2F)n1. The van der Waals surface area contributed by atoms with Gasteiger partial charge in [-0.25, -0.2) is 4.39 Å². The molecule has 19 heavy (non-hydrogen) atoms. The second-order valence-corrected chi connectivity index (χ2v) is 5.17. The lowest BCUT2D eigenvalue weighted by atomic mass is 10.2. The van der Waals surface area contributed by atoms with E-state index in [0.29, 0.717) is 10.4 Å². The Labute approximate surface area is 122 Å². The van der Waals surface area contributed by atoms with E-state index in [2.05, 4.69) is 30.9 Å². The Bertz CT molecular complexity index is 635. The molecule has 1 aromatic heterocycles. The lowest BCUT2D eigenvalue weighted by Crippen LogP contribution is -2.15. The summed E-state index contributed by atoms with van der Waals surface area (Å²) in [6, 6.07) is 3.15. The summed E-state index contributed by atoms with van der Waals surface area (Å²) in [5.74, 6) is -0.0949. The van der Waals surface area contributed by atoms with Crippen LogP contribution in [0.5, 0.6) is 0 Å². The van der Waals surface area contributed by atoms with Gasteiger partial charge in [0.15, 0.2) is 11.6 Å². The largest absolute Gasteiger partial charge is 0.368 e. The molecule has 100 valence electrons. The Morgan fingerprint density at radius 1 is 1.26 bits per heavy atom. The first-order valence-corrected chi connectivity index (χ1v) is 6.40. The van der Waals surface area contributed by atoms with Crippen molar-refractivity contribution in [1.29, 1.82) is 0 Å². The molecule has 0 amide bonds. The number of aromatic nitrogens is 3. The average Bonchev–Trinajstić information content (AvgIpc) is 2.35. The van der Waals surface area contributed by atoms with E-state index >= 15 is 0 Å². The number of hydrogen-bond donors (Lipinski definition) is 1. The van der Waals surface area contributed by atoms with Crippen molar-refractivity contribution in [2.24, 2.45) is 0 Å². The quantitative estimate of drug-likeness (QED) is 0.847. The molecule has 0 spiro atoms. The standard InChI is InChI=1S/C11H10BrClFN5/c1-19(2)11-17-9(16-10(15)18-11)5-3-4-6(12)7(13)8(5)14/h3-4H,1-2H3,(H2,15,16,17,18). The van der Waals surface area contributed by atoms with Crippen molar-refractivity contribution in [3.8, 4) is 11.4 Å². The van der Waals surface area contributed by atoms with Gasteiger partial charge in [0.25, 0.3) is 0 Å². The predicted octanol–water partition coefficient (Wildman–Crippen LogP) is 2.74. The zero-order valence-electron chi connectivity index (χ0n) is 10.2. The number of hydrogen-bond acceptors (Lipinski definition) is 5. The monoisotopic (exact) mass is 345 g/mol. The van der Waals surface area contributed by atoms with Crippen molar-refractivity contribution in [2.45, 2.75) is 0 Å². The molecule has 0 aliphatic carbocycles. The summed E-state index contributed by atoms with van der Waals surface area (Å²) in [6.45, 7) is 0. The molecule has 0 saturated carbocycles. The van der Waals surface area contributed by atoms with Crippen LogP contribution in [0.25, 0.3) is 11.4 Å². The number of nitrogens with zero attached hydrogens (tertiary/aromatic N) is 4. The maximum absolute atomic E-state index is 14.1. The molecule has 8 heteroatoms. The van der Waals surface area contributed by atoms with E-state index in [-0.39, 0.29) is 22.4 Å². The van der Waals surface area contributed by atoms with Crippen LogP contribution in [0.1, 0.15) is 0 Å². The highest BCUT2D eigenvalue weighted by atomic mass is 79.9. The number of rotatable bonds is 2. The fourth-order valence-corrected chi connectivity index (χ4v) is 1.87. The molecule has 0 bridgehead atoms. The summed E-state index contributed by atoms with van der Waals surface area (Å²) < 4.78 is 14.6. The van der Waals surface area contributed by atoms with Crippen molar-refractivity contribution in [3.63, 3.8) is 0 Å². The maximum Gasteiger partial charge on any atom is 0.230 e. The molecule has 0 saturated heterocycles. The van der Waals surface area contributed by atoms with E-state index in [9.17, 15) is 4.39 Å². The fraction of sp³-hybridized carbons (Fsp3) is 0.182. The van der Waals surface area contributed by atoms with Crippen molar-refractivity contribution in [2.75, 3.05) is 24.7 Å². The molecule has 2 aromatic rings. The first-order valence-electron chi connectivity index (χ1n) is 5.23. The summed E-state index contributed by atoms with van der Waals surface area (Å²) in [4.78, 5) is 13.7. The molecule has 0 fully saturated rings. The van der Waals surface area contributed by atoms with Gasteiger partial charge >= 0.3 is 0 Å². The zero-order chi connectivity index (χ0) is 14.2. The highest BCUT2D eigenvalue weighted by Crippen LogP contribution is 2.32. The number of nitrogens with two attached hydrogens (primary N) is 1. The third-order valence-corrected chi connectivity index (χ3v) is 3.58. The molecule has 5 nitrogen and oxygen atoms in total. The Morgan fingerprint density at radius 3 is 2.58 bits per heavy atom. The Kier molecular flexibility index (Phi) is 3.86. The summed E-state index contributed by atoms with van der Waals surface area (Å²) in [7, 11) is 3.51. The lowest BCUT2D eigenvalue weighted by Gasteiger charge is -2.12. The molecule has 0 aliphatic rings. The summed E-state index contributed by atoms with van der Waals surface area (Å²) in [6.07, 6.45) is 0. The van der Waals surface area contributed by atoms with Gasteiger partial charge in [0.05, 0.1) is 10.6 Å². The molecular formula is C11H10BrClFN5. The van der Waals surface area contributed by atoms with Gasteiger partial charge in [-0.1, -0.05) is 11.6 Å². The average molecular weight is 347 g/mol. The van der Waals surface area contributed by atoms with Crippen LogP contribution in [0.3, 0.4) is 0 Å². The summed E-state index contributed by atoms with van der Waals surface area (Å²) in [5, 5.41) is -0.0251. The van der Waals surface area contributed by atoms with E-state index in [0.717, 1.165) is 0 Å². The topological polar surface area (TPSA) is 67.9 Å². The third-order valence-electron chi connectivity index (χ3n) is 2.32. The van der Waals surface area contributed by atoms with Crippen LogP contribution in [0.15, 0.2) is 16.6 Å². The number of halogens is 3. The minimum absolute atomic E-state index is 0.0205. The van der Waals surface area contributed by atoms with Crippen molar-refractivity contribution in [3.05, 3.63) is 27.4 Å². The van der Waals surface area contributed by atoms with E-state index in [1.807, 2.05) is 0 Å². The van der Waals surface area contributed by atoms with Crippen LogP contribution in [0.4, 0.5) is 16.3 Å². The van der Waals surface area contributed by atoms with E-state index in [4.69, 9.17) is 17.3 Å². The Balaban J connectivity index is 2.62. The van der Waals surface area contributed by atoms with E-state index < -0.39 is 5.82 Å². The van der Waals surface area contributed by atoms with Gasteiger partial charge in [0.1, 0.15) is 0 Å². The van der Waals surface area contributed by atoms with Crippen molar-refractivity contribution >= 4 is 39.4 Å². The minimum atomic E-state index is -0.605. The van der Waals surface area contributed by atoms with Gasteiger partial charge in [0.2, 0.25) is 11.9 Å². The molecule has 1 aromatic carbocycles. The highest BCUT2D eigenvalue weighted by Gasteiger charge is 2.16. The Hall–Kier alpha value is -1.47. The predicted molar refractivity (Wildman–Crippen MR) is 76.7 cm³/mol. The number of anilines is 2. The molecule has 0 aliphatic heterocycles. The summed E-state index contributed by atoms with van der Waals surface area (Å²) in [5.41, 5.74) is 5.77. The second-order valence-electron chi connectivity index (χ2n) is 3.93. The van der Waals surface area contributed by atoms with Crippen LogP contribution >= 0.6 is 27.5 Å². The molecule has 0 unspecified atom stereocenters. The number of nitrogen functional groups attached to an aromatic ring is 1. The van der Waals surface area contributed by atoms with Crippen molar-refractivity contribution in [1.82, 2.24) is 15.0 Å². The third kappa shape index (κ3) is 2.76. The van der Waals surface area contributed by atoms with E-state index in [1.165, 1.54) is 6.07 Å². The smallest absolute Gasteiger partial charge is 0.230 e. The number of benzene rings is 1. The molecule has 2 N–H and O–H groups in total. The van der Waals surface area contributed by atoms with Crippen LogP contribution < -0.4 is 10.6 Å². The molecule has 0 radical (unpaired) electrons. The molecule has 2 rings (SSSR count). The van der Waals surface area contributed by atoms with Gasteiger partial charge in [-0.15, -0.1) is 0 Å². The maximum atomic E-state index is 14.1. The van der Waals surface area contributed by atoms with Crippen LogP contribution in [0.2, 0.25) is 5.02 Å². The van der Waals surface area contributed by atoms with E-state index in [1.54, 1.807) is 25.1 Å². The highest BCUT2D eigenvalue weighted by molar-refractivity contribution is 9.10. The summed E-state index contributed by atoms with van der Waals surface area (Å²) >= 11 is 8.99. The first kappa shape index (κ1) is 14.0. The van der Waals surface area contributed by atoms with Gasteiger partial charge in [-0.3, -0.25) is 0 Å². The second kappa shape index (κ2) is 5.26. The zero-order valence-corrected chi connectivity index (χ0v) is 12.5. The Morgan fingerprint density at radius 2 is 1.95 bits per heavy atom. The van der Waals surface area contributed by atoms with Crippen molar-refractivity contribution < 1.29 is 4.39 Å². The molecule has 1 heterocycles. The van der Waals surface area contributed by atoms with Gasteiger partial charge in [-0.2, -0.15) is 15.0 Å². The van der Waals surface area contributed by atoms with Gasteiger partial charge in [0, 0.05) is 18.6 Å². The van der Waals surface area contributed by atoms with Gasteiger partial charge < -0.3 is 10.6 Å². The van der Waals surface area contributed by atoms with Crippen LogP contribution in [-0.4, -0.2) is 29.0 Å². The molecule has 0 atom stereocenters. The lowest BCUT2D eigenvalue weighted by molar-refractivity contribution is 0.629.